The molecule has 0 aliphatic heterocycles. The Morgan fingerprint density at radius 1 is 0.800 bits per heavy atom. The van der Waals surface area contributed by atoms with E-state index in [0.717, 1.165) is 11.3 Å². The second kappa shape index (κ2) is 8.54. The molecule has 3 aromatic rings. The van der Waals surface area contributed by atoms with Crippen LogP contribution in [0.1, 0.15) is 23.7 Å². The Balaban J connectivity index is 2.01. The second-order valence-corrected chi connectivity index (χ2v) is 7.62. The molecule has 0 fully saturated rings. The molecule has 126 valence electrons. The Hall–Kier alpha value is -2.52. The molecule has 0 aliphatic rings. The van der Waals surface area contributed by atoms with Gasteiger partial charge < -0.3 is 4.74 Å². The van der Waals surface area contributed by atoms with Crippen molar-refractivity contribution < 1.29 is 9.53 Å². The van der Waals surface area contributed by atoms with Crippen molar-refractivity contribution in [3.63, 3.8) is 0 Å². The third-order valence-corrected chi connectivity index (χ3v) is 5.91. The molecule has 0 atom stereocenters. The van der Waals surface area contributed by atoms with Crippen LogP contribution in [-0.4, -0.2) is 12.6 Å². The van der Waals surface area contributed by atoms with Gasteiger partial charge in [-0.2, -0.15) is 0 Å². The number of carbonyl (C=O) groups excluding carboxylic acids is 1. The van der Waals surface area contributed by atoms with Crippen LogP contribution in [0.3, 0.4) is 0 Å². The minimum atomic E-state index is -0.256. The van der Waals surface area contributed by atoms with Gasteiger partial charge in [-0.1, -0.05) is 49.4 Å². The van der Waals surface area contributed by atoms with Crippen LogP contribution < -0.4 is 0 Å². The van der Waals surface area contributed by atoms with Gasteiger partial charge in [0, 0.05) is 6.07 Å². The van der Waals surface area contributed by atoms with E-state index in [0.29, 0.717) is 12.2 Å². The monoisotopic (exact) mass is 349 g/mol. The molecule has 0 heterocycles. The van der Waals surface area contributed by atoms with Crippen LogP contribution in [0.2, 0.25) is 0 Å². The van der Waals surface area contributed by atoms with Gasteiger partial charge >= 0.3 is 5.97 Å². The predicted molar refractivity (Wildman–Crippen MR) is 102 cm³/mol. The first kappa shape index (κ1) is 17.3. The number of rotatable bonds is 6. The highest BCUT2D eigenvalue weighted by atomic mass is 32.2. The second-order valence-electron chi connectivity index (χ2n) is 5.60. The Kier molecular flexibility index (Phi) is 5.91. The molecule has 0 saturated heterocycles. The molecule has 0 unspecified atom stereocenters. The third kappa shape index (κ3) is 4.31. The highest BCUT2D eigenvalue weighted by Gasteiger charge is 2.29. The molecule has 0 radical (unpaired) electrons. The summed E-state index contributed by atoms with van der Waals surface area (Å²) < 4.78 is 5.29. The van der Waals surface area contributed by atoms with Crippen molar-refractivity contribution >= 4 is 16.9 Å². The smallest absolute Gasteiger partial charge is 0.338 e. The average molecular weight is 349 g/mol. The molecule has 0 saturated carbocycles. The molecule has 3 heteroatoms. The zero-order chi connectivity index (χ0) is 17.5. The first-order valence-corrected chi connectivity index (χ1v) is 9.63. The molecular weight excluding hydrogens is 328 g/mol. The summed E-state index contributed by atoms with van der Waals surface area (Å²) in [7, 11) is -0.255. The van der Waals surface area contributed by atoms with E-state index in [1.54, 1.807) is 0 Å². The van der Waals surface area contributed by atoms with Gasteiger partial charge in [0.25, 0.3) is 0 Å². The van der Waals surface area contributed by atoms with Crippen LogP contribution >= 0.6 is 0 Å². The van der Waals surface area contributed by atoms with E-state index >= 15 is 0 Å². The Labute approximate surface area is 151 Å². The highest BCUT2D eigenvalue weighted by molar-refractivity contribution is 7.97. The summed E-state index contributed by atoms with van der Waals surface area (Å²) in [5, 5.41) is 0. The van der Waals surface area contributed by atoms with E-state index in [1.165, 1.54) is 9.79 Å². The Morgan fingerprint density at radius 3 is 1.92 bits per heavy atom. The summed E-state index contributed by atoms with van der Waals surface area (Å²) in [6.07, 6.45) is 0.823. The lowest BCUT2D eigenvalue weighted by Crippen LogP contribution is -2.09. The molecule has 0 bridgehead atoms. The van der Waals surface area contributed by atoms with E-state index in [4.69, 9.17) is 4.74 Å². The van der Waals surface area contributed by atoms with Crippen LogP contribution in [0.15, 0.2) is 99.6 Å². The fourth-order valence-electron chi connectivity index (χ4n) is 2.55. The van der Waals surface area contributed by atoms with Crippen molar-refractivity contribution in [3.05, 3.63) is 90.5 Å². The van der Waals surface area contributed by atoms with Gasteiger partial charge in [0.2, 0.25) is 0 Å². The van der Waals surface area contributed by atoms with Crippen molar-refractivity contribution in [3.8, 4) is 0 Å². The first-order valence-electron chi connectivity index (χ1n) is 8.41. The SMILES string of the molecule is CCCOC(=O)c1cccc([S+](c2ccccc2)c2ccccc2)c1. The molecule has 0 spiro atoms. The standard InChI is InChI=1S/C22H21O2S/c1-2-16-24-22(23)18-10-9-15-21(17-18)25(19-11-5-3-6-12-19)20-13-7-4-8-14-20/h3-15,17H,2,16H2,1H3/q+1. The lowest BCUT2D eigenvalue weighted by molar-refractivity contribution is 0.0505. The molecule has 3 aromatic carbocycles. The average Bonchev–Trinajstić information content (AvgIpc) is 2.68. The quantitative estimate of drug-likeness (QED) is 0.443. The molecule has 25 heavy (non-hydrogen) atoms. The van der Waals surface area contributed by atoms with Crippen LogP contribution in [0.4, 0.5) is 0 Å². The van der Waals surface area contributed by atoms with Gasteiger partial charge in [0.15, 0.2) is 14.7 Å². The molecule has 3 rings (SSSR count). The summed E-state index contributed by atoms with van der Waals surface area (Å²) in [5.74, 6) is -0.256. The largest absolute Gasteiger partial charge is 0.462 e. The van der Waals surface area contributed by atoms with Crippen molar-refractivity contribution in [1.82, 2.24) is 0 Å². The summed E-state index contributed by atoms with van der Waals surface area (Å²) in [6, 6.07) is 28.6. The summed E-state index contributed by atoms with van der Waals surface area (Å²) in [6.45, 7) is 2.44. The maximum absolute atomic E-state index is 12.2. The molecule has 0 amide bonds. The van der Waals surface area contributed by atoms with Crippen LogP contribution in [-0.2, 0) is 15.6 Å². The summed E-state index contributed by atoms with van der Waals surface area (Å²) in [4.78, 5) is 15.8. The number of hydrogen-bond acceptors (Lipinski definition) is 2. The van der Waals surface area contributed by atoms with Crippen molar-refractivity contribution in [2.24, 2.45) is 0 Å². The van der Waals surface area contributed by atoms with E-state index in [9.17, 15) is 4.79 Å². The van der Waals surface area contributed by atoms with E-state index in [1.807, 2.05) is 37.3 Å². The van der Waals surface area contributed by atoms with Crippen LogP contribution in [0, 0.1) is 0 Å². The number of hydrogen-bond donors (Lipinski definition) is 0. The zero-order valence-corrected chi connectivity index (χ0v) is 15.0. The molecular formula is C22H21O2S+. The normalized spacial score (nSPS) is 10.6. The summed E-state index contributed by atoms with van der Waals surface area (Å²) >= 11 is 0. The number of benzene rings is 3. The number of esters is 1. The third-order valence-electron chi connectivity index (χ3n) is 3.70. The minimum absolute atomic E-state index is 0.255. The number of ether oxygens (including phenoxy) is 1. The summed E-state index contributed by atoms with van der Waals surface area (Å²) in [5.41, 5.74) is 0.607. The van der Waals surface area contributed by atoms with E-state index in [2.05, 4.69) is 54.6 Å². The zero-order valence-electron chi connectivity index (χ0n) is 14.2. The van der Waals surface area contributed by atoms with Crippen molar-refractivity contribution in [2.45, 2.75) is 28.0 Å². The Morgan fingerprint density at radius 2 is 1.36 bits per heavy atom. The molecule has 0 aromatic heterocycles. The van der Waals surface area contributed by atoms with Gasteiger partial charge in [0.1, 0.15) is 0 Å². The maximum Gasteiger partial charge on any atom is 0.338 e. The maximum atomic E-state index is 12.2. The lowest BCUT2D eigenvalue weighted by atomic mass is 10.2. The van der Waals surface area contributed by atoms with Gasteiger partial charge in [-0.25, -0.2) is 4.79 Å². The minimum Gasteiger partial charge on any atom is -0.462 e. The predicted octanol–water partition coefficient (Wildman–Crippen LogP) is 5.35. The van der Waals surface area contributed by atoms with Gasteiger partial charge in [-0.05, 0) is 42.8 Å². The van der Waals surface area contributed by atoms with Crippen molar-refractivity contribution in [2.75, 3.05) is 6.61 Å². The van der Waals surface area contributed by atoms with Gasteiger partial charge in [-0.15, -0.1) is 0 Å². The Bertz CT molecular complexity index is 776. The number of carbonyl (C=O) groups is 1. The van der Waals surface area contributed by atoms with E-state index < -0.39 is 0 Å². The fraction of sp³-hybridized carbons (Fsp3) is 0.136. The van der Waals surface area contributed by atoms with Gasteiger partial charge in [-0.3, -0.25) is 0 Å². The van der Waals surface area contributed by atoms with Gasteiger partial charge in [0.05, 0.1) is 23.1 Å². The molecule has 2 nitrogen and oxygen atoms in total. The van der Waals surface area contributed by atoms with Crippen LogP contribution in [0.5, 0.6) is 0 Å². The first-order chi connectivity index (χ1) is 12.3. The molecule has 0 N–H and O–H groups in total. The molecule has 0 aliphatic carbocycles. The van der Waals surface area contributed by atoms with Crippen LogP contribution in [0.25, 0.3) is 0 Å². The fourth-order valence-corrected chi connectivity index (χ4v) is 4.68. The lowest BCUT2D eigenvalue weighted by Gasteiger charge is -2.09. The highest BCUT2D eigenvalue weighted by Crippen LogP contribution is 2.31. The topological polar surface area (TPSA) is 26.3 Å². The van der Waals surface area contributed by atoms with Crippen molar-refractivity contribution in [1.29, 1.82) is 0 Å². The van der Waals surface area contributed by atoms with E-state index in [-0.39, 0.29) is 16.9 Å².